The van der Waals surface area contributed by atoms with Crippen molar-refractivity contribution in [3.8, 4) is 27.9 Å². The molecule has 0 spiro atoms. The molecule has 1 N–H and O–H groups in total. The highest BCUT2D eigenvalue weighted by Gasteiger charge is 2.22. The van der Waals surface area contributed by atoms with Crippen LogP contribution in [0.3, 0.4) is 0 Å². The lowest BCUT2D eigenvalue weighted by Crippen LogP contribution is -2.33. The Hall–Kier alpha value is -8.08. The van der Waals surface area contributed by atoms with Crippen LogP contribution in [0.4, 0.5) is 0 Å². The number of hydrogen-bond acceptors (Lipinski definition) is 3. The molecule has 61 heavy (non-hydrogen) atoms. The molecular formula is C57H38N4. The van der Waals surface area contributed by atoms with E-state index in [0.29, 0.717) is 5.84 Å². The quantitative estimate of drug-likeness (QED) is 0.179. The van der Waals surface area contributed by atoms with E-state index in [1.165, 1.54) is 59.7 Å². The second-order valence-electron chi connectivity index (χ2n) is 15.8. The van der Waals surface area contributed by atoms with Crippen molar-refractivity contribution in [1.29, 1.82) is 0 Å². The van der Waals surface area contributed by atoms with E-state index in [1.54, 1.807) is 0 Å². The summed E-state index contributed by atoms with van der Waals surface area (Å²) in [4.78, 5) is 10.3. The van der Waals surface area contributed by atoms with Crippen LogP contribution < -0.4 is 5.32 Å². The number of aliphatic imine (C=N–C) groups is 2. The van der Waals surface area contributed by atoms with Gasteiger partial charge < -0.3 is 9.88 Å². The molecule has 4 nitrogen and oxygen atoms in total. The summed E-state index contributed by atoms with van der Waals surface area (Å²) in [6.45, 7) is 0. The lowest BCUT2D eigenvalue weighted by molar-refractivity contribution is 0.674. The molecule has 1 aliphatic rings. The molecule has 4 heteroatoms. The van der Waals surface area contributed by atoms with Gasteiger partial charge in [-0.15, -0.1) is 0 Å². The van der Waals surface area contributed by atoms with Crippen LogP contribution in [0.1, 0.15) is 22.9 Å². The number of nitrogens with zero attached hydrogens (tertiary/aromatic N) is 3. The predicted octanol–water partition coefficient (Wildman–Crippen LogP) is 14.1. The molecule has 0 amide bonds. The minimum absolute atomic E-state index is 0.287. The summed E-state index contributed by atoms with van der Waals surface area (Å²) in [5.74, 6) is 1.49. The summed E-state index contributed by atoms with van der Waals surface area (Å²) in [5, 5.41) is 13.8. The molecule has 0 saturated carbocycles. The van der Waals surface area contributed by atoms with Gasteiger partial charge in [0.1, 0.15) is 12.0 Å². The van der Waals surface area contributed by atoms with Crippen LogP contribution in [-0.4, -0.2) is 16.2 Å². The Labute approximate surface area is 353 Å². The van der Waals surface area contributed by atoms with Crippen LogP contribution in [0, 0.1) is 0 Å². The fourth-order valence-corrected chi connectivity index (χ4v) is 9.28. The zero-order valence-corrected chi connectivity index (χ0v) is 33.2. The largest absolute Gasteiger partial charge is 0.344 e. The van der Waals surface area contributed by atoms with Crippen LogP contribution in [0.5, 0.6) is 0 Å². The Kier molecular flexibility index (Phi) is 8.20. The molecule has 0 saturated heterocycles. The highest BCUT2D eigenvalue weighted by molar-refractivity contribution is 6.28. The third-order valence-electron chi connectivity index (χ3n) is 12.2. The zero-order chi connectivity index (χ0) is 40.3. The van der Waals surface area contributed by atoms with Crippen molar-refractivity contribution < 1.29 is 0 Å². The summed E-state index contributed by atoms with van der Waals surface area (Å²) < 4.78 is 2.42. The van der Waals surface area contributed by atoms with Gasteiger partial charge in [-0.25, -0.2) is 9.98 Å². The summed E-state index contributed by atoms with van der Waals surface area (Å²) >= 11 is 0. The van der Waals surface area contributed by atoms with Crippen molar-refractivity contribution >= 4 is 65.8 Å². The van der Waals surface area contributed by atoms with Gasteiger partial charge in [-0.2, -0.15) is 0 Å². The van der Waals surface area contributed by atoms with Crippen molar-refractivity contribution in [3.63, 3.8) is 0 Å². The minimum atomic E-state index is -0.287. The molecule has 10 aromatic carbocycles. The Balaban J connectivity index is 0.913. The standard InChI is InChI=1S/C57H38N4/c1-2-15-42(16-3-1)55-58-56(43-26-24-41(25-27-43)48-23-11-17-38-12-4-7-20-47(38)48)60-57(59-55)45-19-10-18-44(36-45)37-28-32-46(33-29-37)61-51-34-30-39-13-5-8-21-49(39)53(51)54-50-22-9-6-14-40(50)31-35-52(54)61/h1-36,55H,(H,58,59,60). The number of rotatable bonds is 6. The van der Waals surface area contributed by atoms with Crippen LogP contribution >= 0.6 is 0 Å². The molecule has 12 rings (SSSR count). The predicted molar refractivity (Wildman–Crippen MR) is 256 cm³/mol. The Morgan fingerprint density at radius 1 is 0.393 bits per heavy atom. The molecule has 1 unspecified atom stereocenters. The number of aromatic nitrogens is 1. The molecule has 286 valence electrons. The summed E-state index contributed by atoms with van der Waals surface area (Å²) in [6.07, 6.45) is -0.287. The molecule has 0 bridgehead atoms. The maximum atomic E-state index is 5.19. The van der Waals surface area contributed by atoms with Gasteiger partial charge in [0.2, 0.25) is 0 Å². The van der Waals surface area contributed by atoms with Gasteiger partial charge in [-0.3, -0.25) is 0 Å². The Morgan fingerprint density at radius 2 is 0.934 bits per heavy atom. The van der Waals surface area contributed by atoms with Crippen molar-refractivity contribution in [1.82, 2.24) is 9.88 Å². The van der Waals surface area contributed by atoms with E-state index < -0.39 is 0 Å². The minimum Gasteiger partial charge on any atom is -0.344 e. The summed E-state index contributed by atoms with van der Waals surface area (Å²) in [7, 11) is 0. The van der Waals surface area contributed by atoms with Crippen molar-refractivity contribution in [3.05, 3.63) is 235 Å². The van der Waals surface area contributed by atoms with Crippen LogP contribution in [0.2, 0.25) is 0 Å². The first-order chi connectivity index (χ1) is 30.2. The number of nitrogens with one attached hydrogen (secondary N) is 1. The van der Waals surface area contributed by atoms with E-state index in [9.17, 15) is 0 Å². The number of hydrogen-bond donors (Lipinski definition) is 1. The molecule has 11 aromatic rings. The first kappa shape index (κ1) is 34.9. The lowest BCUT2D eigenvalue weighted by atomic mass is 9.97. The average Bonchev–Trinajstić information content (AvgIpc) is 3.69. The van der Waals surface area contributed by atoms with Gasteiger partial charge in [0.05, 0.1) is 11.0 Å². The fraction of sp³-hybridized carbons (Fsp3) is 0.0175. The van der Waals surface area contributed by atoms with Crippen molar-refractivity contribution in [2.24, 2.45) is 9.98 Å². The average molecular weight is 779 g/mol. The molecule has 0 aliphatic carbocycles. The van der Waals surface area contributed by atoms with E-state index in [-0.39, 0.29) is 6.17 Å². The molecular weight excluding hydrogens is 741 g/mol. The zero-order valence-electron chi connectivity index (χ0n) is 33.2. The monoisotopic (exact) mass is 778 g/mol. The van der Waals surface area contributed by atoms with Gasteiger partial charge >= 0.3 is 0 Å². The third-order valence-corrected chi connectivity index (χ3v) is 12.2. The van der Waals surface area contributed by atoms with Crippen LogP contribution in [0.15, 0.2) is 228 Å². The lowest BCUT2D eigenvalue weighted by Gasteiger charge is -2.24. The summed E-state index contributed by atoms with van der Waals surface area (Å²) in [5.41, 5.74) is 11.2. The van der Waals surface area contributed by atoms with E-state index >= 15 is 0 Å². The van der Waals surface area contributed by atoms with Crippen LogP contribution in [0.25, 0.3) is 82.1 Å². The summed E-state index contributed by atoms with van der Waals surface area (Å²) in [6, 6.07) is 78.2. The Bertz CT molecular complexity index is 3440. The smallest absolute Gasteiger partial charge is 0.159 e. The number of amidine groups is 2. The normalized spacial score (nSPS) is 14.1. The maximum absolute atomic E-state index is 5.19. The SMILES string of the molecule is c1ccc(C2N=C(c3ccc(-c4cccc5ccccc45)cc3)N=C(c3cccc(-c4ccc(-n5c6ccc7ccccc7c6c6c7ccccc7ccc65)cc4)c3)N2)cc1. The maximum Gasteiger partial charge on any atom is 0.159 e. The first-order valence-corrected chi connectivity index (χ1v) is 20.8. The molecule has 1 aliphatic heterocycles. The second kappa shape index (κ2) is 14.3. The second-order valence-corrected chi connectivity index (χ2v) is 15.8. The van der Waals surface area contributed by atoms with E-state index in [0.717, 1.165) is 44.9 Å². The Morgan fingerprint density at radius 3 is 1.62 bits per heavy atom. The van der Waals surface area contributed by atoms with Gasteiger partial charge in [0.15, 0.2) is 5.84 Å². The van der Waals surface area contributed by atoms with Crippen molar-refractivity contribution in [2.45, 2.75) is 6.17 Å². The van der Waals surface area contributed by atoms with E-state index in [4.69, 9.17) is 9.98 Å². The van der Waals surface area contributed by atoms with Gasteiger partial charge in [-0.1, -0.05) is 188 Å². The van der Waals surface area contributed by atoms with E-state index in [1.807, 2.05) is 6.07 Å². The van der Waals surface area contributed by atoms with Crippen molar-refractivity contribution in [2.75, 3.05) is 0 Å². The van der Waals surface area contributed by atoms with Gasteiger partial charge in [0, 0.05) is 27.6 Å². The molecule has 1 aromatic heterocycles. The topological polar surface area (TPSA) is 41.7 Å². The molecule has 0 fully saturated rings. The molecule has 2 heterocycles. The number of benzene rings is 10. The molecule has 0 radical (unpaired) electrons. The third kappa shape index (κ3) is 5.99. The van der Waals surface area contributed by atoms with E-state index in [2.05, 4.69) is 222 Å². The fourth-order valence-electron chi connectivity index (χ4n) is 9.28. The van der Waals surface area contributed by atoms with Gasteiger partial charge in [0.25, 0.3) is 0 Å². The highest BCUT2D eigenvalue weighted by atomic mass is 15.2. The van der Waals surface area contributed by atoms with Crippen LogP contribution in [-0.2, 0) is 0 Å². The highest BCUT2D eigenvalue weighted by Crippen LogP contribution is 2.41. The molecule has 1 atom stereocenters. The number of fused-ring (bicyclic) bond motifs is 8. The van der Waals surface area contributed by atoms with Gasteiger partial charge in [-0.05, 0) is 90.5 Å². The first-order valence-electron chi connectivity index (χ1n) is 20.8.